The summed E-state index contributed by atoms with van der Waals surface area (Å²) in [4.78, 5) is 23.6. The molecule has 1 saturated heterocycles. The number of carboxylic acid groups (broad SMARTS) is 1. The van der Waals surface area contributed by atoms with Crippen molar-refractivity contribution in [3.8, 4) is 0 Å². The van der Waals surface area contributed by atoms with E-state index in [2.05, 4.69) is 6.58 Å². The molecule has 2 rings (SSSR count). The van der Waals surface area contributed by atoms with Crippen molar-refractivity contribution in [2.45, 2.75) is 12.8 Å². The van der Waals surface area contributed by atoms with Gasteiger partial charge >= 0.3 is 12.1 Å². The Hall–Kier alpha value is -1.52. The number of carbonyl (C=O) groups is 2. The van der Waals surface area contributed by atoms with Crippen LogP contribution in [-0.2, 0) is 9.53 Å². The highest BCUT2D eigenvalue weighted by Crippen LogP contribution is 2.51. The molecule has 5 nitrogen and oxygen atoms in total. The average Bonchev–Trinajstić information content (AvgIpc) is 2.09. The number of carboxylic acids is 1. The second kappa shape index (κ2) is 3.81. The van der Waals surface area contributed by atoms with E-state index >= 15 is 0 Å². The number of ether oxygens (including phenoxy) is 1. The lowest BCUT2D eigenvalue weighted by molar-refractivity contribution is -0.158. The highest BCUT2D eigenvalue weighted by molar-refractivity contribution is 5.73. The summed E-state index contributed by atoms with van der Waals surface area (Å²) in [6, 6.07) is 0. The van der Waals surface area contributed by atoms with E-state index in [1.807, 2.05) is 0 Å². The predicted octanol–water partition coefficient (Wildman–Crippen LogP) is 1.11. The van der Waals surface area contributed by atoms with Gasteiger partial charge in [-0.2, -0.15) is 0 Å². The fraction of sp³-hybridized carbons (Fsp3) is 0.636. The van der Waals surface area contributed by atoms with Gasteiger partial charge in [-0.05, 0) is 12.8 Å². The van der Waals surface area contributed by atoms with Crippen LogP contribution in [0.5, 0.6) is 0 Å². The Morgan fingerprint density at radius 1 is 1.50 bits per heavy atom. The number of hydrogen-bond acceptors (Lipinski definition) is 3. The molecule has 0 aromatic heterocycles. The maximum Gasteiger partial charge on any atom is 0.410 e. The van der Waals surface area contributed by atoms with Gasteiger partial charge in [-0.25, -0.2) is 4.79 Å². The molecule has 1 heterocycles. The van der Waals surface area contributed by atoms with Crippen molar-refractivity contribution < 1.29 is 19.4 Å². The Kier molecular flexibility index (Phi) is 2.61. The van der Waals surface area contributed by atoms with Crippen molar-refractivity contribution in [2.24, 2.45) is 11.3 Å². The Balaban J connectivity index is 1.72. The van der Waals surface area contributed by atoms with E-state index in [1.54, 1.807) is 4.90 Å². The topological polar surface area (TPSA) is 66.8 Å². The smallest absolute Gasteiger partial charge is 0.410 e. The monoisotopic (exact) mass is 225 g/mol. The molecule has 0 radical (unpaired) electrons. The minimum atomic E-state index is -0.724. The summed E-state index contributed by atoms with van der Waals surface area (Å²) in [5.74, 6) is -0.940. The number of amides is 1. The van der Waals surface area contributed by atoms with Gasteiger partial charge in [0.1, 0.15) is 6.61 Å². The van der Waals surface area contributed by atoms with Gasteiger partial charge in [0.15, 0.2) is 0 Å². The molecule has 1 amide bonds. The van der Waals surface area contributed by atoms with Gasteiger partial charge in [-0.1, -0.05) is 12.7 Å². The maximum atomic E-state index is 11.4. The summed E-state index contributed by atoms with van der Waals surface area (Å²) in [7, 11) is 0. The normalized spacial score (nSPS) is 22.1. The molecule has 16 heavy (non-hydrogen) atoms. The quantitative estimate of drug-likeness (QED) is 0.730. The molecule has 1 spiro atoms. The standard InChI is InChI=1S/C11H15NO4/c1-2-3-16-10(15)12-6-11(7-12)4-8(5-11)9(13)14/h2,8H,1,3-7H2,(H,13,14). The number of carbonyl (C=O) groups excluding carboxylic acids is 1. The van der Waals surface area contributed by atoms with E-state index in [0.717, 1.165) is 0 Å². The first-order chi connectivity index (χ1) is 7.56. The number of aliphatic carboxylic acids is 1. The van der Waals surface area contributed by atoms with Crippen molar-refractivity contribution in [1.29, 1.82) is 0 Å². The van der Waals surface area contributed by atoms with Crippen molar-refractivity contribution in [3.05, 3.63) is 12.7 Å². The first-order valence-electron chi connectivity index (χ1n) is 5.32. The van der Waals surface area contributed by atoms with Crippen molar-refractivity contribution in [1.82, 2.24) is 4.90 Å². The Morgan fingerprint density at radius 2 is 2.12 bits per heavy atom. The molecule has 1 aliphatic carbocycles. The third kappa shape index (κ3) is 1.77. The molecule has 1 aliphatic heterocycles. The minimum Gasteiger partial charge on any atom is -0.481 e. The average molecular weight is 225 g/mol. The maximum absolute atomic E-state index is 11.4. The lowest BCUT2D eigenvalue weighted by Crippen LogP contribution is -2.64. The van der Waals surface area contributed by atoms with Crippen LogP contribution < -0.4 is 0 Å². The van der Waals surface area contributed by atoms with Crippen LogP contribution in [0.15, 0.2) is 12.7 Å². The van der Waals surface area contributed by atoms with Crippen molar-refractivity contribution >= 4 is 12.1 Å². The zero-order chi connectivity index (χ0) is 11.8. The van der Waals surface area contributed by atoms with E-state index in [0.29, 0.717) is 25.9 Å². The van der Waals surface area contributed by atoms with Crippen molar-refractivity contribution in [2.75, 3.05) is 19.7 Å². The first kappa shape index (κ1) is 11.0. The lowest BCUT2D eigenvalue weighted by atomic mass is 9.58. The van der Waals surface area contributed by atoms with E-state index < -0.39 is 5.97 Å². The van der Waals surface area contributed by atoms with Crippen molar-refractivity contribution in [3.63, 3.8) is 0 Å². The third-order valence-electron chi connectivity index (χ3n) is 3.34. The molecule has 1 N–H and O–H groups in total. The highest BCUT2D eigenvalue weighted by Gasteiger charge is 2.56. The summed E-state index contributed by atoms with van der Waals surface area (Å²) >= 11 is 0. The Labute approximate surface area is 93.7 Å². The molecule has 0 bridgehead atoms. The molecule has 0 atom stereocenters. The second-order valence-corrected chi connectivity index (χ2v) is 4.67. The number of rotatable bonds is 3. The SMILES string of the molecule is C=CCOC(=O)N1CC2(CC(C(=O)O)C2)C1. The first-order valence-corrected chi connectivity index (χ1v) is 5.32. The van der Waals surface area contributed by atoms with E-state index in [9.17, 15) is 9.59 Å². The van der Waals surface area contributed by atoms with Crippen LogP contribution in [0.25, 0.3) is 0 Å². The minimum absolute atomic E-state index is 0.0657. The number of hydrogen-bond donors (Lipinski definition) is 1. The summed E-state index contributed by atoms with van der Waals surface area (Å²) < 4.78 is 4.88. The zero-order valence-corrected chi connectivity index (χ0v) is 9.02. The zero-order valence-electron chi connectivity index (χ0n) is 9.02. The molecular weight excluding hydrogens is 210 g/mol. The van der Waals surface area contributed by atoms with Crippen LogP contribution >= 0.6 is 0 Å². The van der Waals surface area contributed by atoms with Gasteiger partial charge in [-0.3, -0.25) is 4.79 Å². The van der Waals surface area contributed by atoms with E-state index in [4.69, 9.17) is 9.84 Å². The molecule has 2 aliphatic rings. The van der Waals surface area contributed by atoms with Gasteiger partial charge < -0.3 is 14.7 Å². The third-order valence-corrected chi connectivity index (χ3v) is 3.34. The van der Waals surface area contributed by atoms with Crippen LogP contribution in [-0.4, -0.2) is 41.8 Å². The summed E-state index contributed by atoms with van der Waals surface area (Å²) in [5, 5.41) is 8.76. The Morgan fingerprint density at radius 3 is 2.62 bits per heavy atom. The van der Waals surface area contributed by atoms with Gasteiger partial charge in [0.2, 0.25) is 0 Å². The second-order valence-electron chi connectivity index (χ2n) is 4.67. The molecular formula is C11H15NO4. The molecule has 1 saturated carbocycles. The van der Waals surface area contributed by atoms with Crippen LogP contribution in [0, 0.1) is 11.3 Å². The van der Waals surface area contributed by atoms with Crippen LogP contribution in [0.2, 0.25) is 0 Å². The number of nitrogens with zero attached hydrogens (tertiary/aromatic N) is 1. The van der Waals surface area contributed by atoms with Gasteiger partial charge in [0, 0.05) is 18.5 Å². The largest absolute Gasteiger partial charge is 0.481 e. The molecule has 88 valence electrons. The summed E-state index contributed by atoms with van der Waals surface area (Å²) in [6.45, 7) is 4.95. The van der Waals surface area contributed by atoms with E-state index in [1.165, 1.54) is 6.08 Å². The fourth-order valence-corrected chi connectivity index (χ4v) is 2.53. The van der Waals surface area contributed by atoms with Gasteiger partial charge in [-0.15, -0.1) is 0 Å². The molecule has 5 heteroatoms. The van der Waals surface area contributed by atoms with Crippen LogP contribution in [0.1, 0.15) is 12.8 Å². The fourth-order valence-electron chi connectivity index (χ4n) is 2.53. The highest BCUT2D eigenvalue weighted by atomic mass is 16.6. The molecule has 0 aromatic rings. The molecule has 2 fully saturated rings. The van der Waals surface area contributed by atoms with Gasteiger partial charge in [0.25, 0.3) is 0 Å². The number of likely N-dealkylation sites (tertiary alicyclic amines) is 1. The van der Waals surface area contributed by atoms with Gasteiger partial charge in [0.05, 0.1) is 5.92 Å². The molecule has 0 unspecified atom stereocenters. The van der Waals surface area contributed by atoms with Crippen LogP contribution in [0.4, 0.5) is 4.79 Å². The van der Waals surface area contributed by atoms with E-state index in [-0.39, 0.29) is 24.0 Å². The summed E-state index contributed by atoms with van der Waals surface area (Å²) in [5.41, 5.74) is 0.0657. The lowest BCUT2D eigenvalue weighted by Gasteiger charge is -2.57. The Bertz CT molecular complexity index is 325. The summed E-state index contributed by atoms with van der Waals surface area (Å²) in [6.07, 6.45) is 2.57. The predicted molar refractivity (Wildman–Crippen MR) is 55.9 cm³/mol. The van der Waals surface area contributed by atoms with Crippen LogP contribution in [0.3, 0.4) is 0 Å². The molecule has 0 aromatic carbocycles.